The van der Waals surface area contributed by atoms with Crippen LogP contribution in [0, 0.1) is 6.92 Å². The van der Waals surface area contributed by atoms with E-state index in [1.165, 1.54) is 5.56 Å². The van der Waals surface area contributed by atoms with Gasteiger partial charge in [0.25, 0.3) is 0 Å². The molecule has 0 aliphatic carbocycles. The van der Waals surface area contributed by atoms with Gasteiger partial charge in [-0.05, 0) is 24.6 Å². The fourth-order valence-corrected chi connectivity index (χ4v) is 1.70. The molecule has 1 aromatic carbocycles. The molecule has 0 fully saturated rings. The molecule has 17 heavy (non-hydrogen) atoms. The van der Waals surface area contributed by atoms with Crippen molar-refractivity contribution in [2.45, 2.75) is 19.4 Å². The molecule has 0 saturated heterocycles. The van der Waals surface area contributed by atoms with Crippen molar-refractivity contribution >= 4 is 11.6 Å². The number of pyridine rings is 1. The Balaban J connectivity index is 1.97. The molecule has 0 radical (unpaired) electrons. The Bertz CT molecular complexity index is 482. The van der Waals surface area contributed by atoms with Crippen LogP contribution in [0.25, 0.3) is 0 Å². The van der Waals surface area contributed by atoms with Gasteiger partial charge in [-0.25, -0.2) is 0 Å². The first kappa shape index (κ1) is 11.9. The van der Waals surface area contributed by atoms with Crippen LogP contribution in [0.1, 0.15) is 16.8 Å². The highest BCUT2D eigenvalue weighted by Gasteiger charge is 1.97. The molecule has 0 unspecified atom stereocenters. The van der Waals surface area contributed by atoms with Crippen LogP contribution >= 0.6 is 11.6 Å². The first-order valence-electron chi connectivity index (χ1n) is 5.47. The highest BCUT2D eigenvalue weighted by molar-refractivity contribution is 6.16. The molecule has 0 amide bonds. The van der Waals surface area contributed by atoms with Crippen LogP contribution in [0.2, 0.25) is 0 Å². The third-order valence-electron chi connectivity index (χ3n) is 2.42. The van der Waals surface area contributed by atoms with Crippen LogP contribution in [0.5, 0.6) is 5.75 Å². The lowest BCUT2D eigenvalue weighted by Gasteiger charge is -2.06. The van der Waals surface area contributed by atoms with E-state index >= 15 is 0 Å². The van der Waals surface area contributed by atoms with Crippen LogP contribution in [-0.4, -0.2) is 4.98 Å². The van der Waals surface area contributed by atoms with Crippen molar-refractivity contribution in [1.29, 1.82) is 0 Å². The van der Waals surface area contributed by atoms with Gasteiger partial charge in [0, 0.05) is 0 Å². The van der Waals surface area contributed by atoms with Gasteiger partial charge in [0.1, 0.15) is 12.4 Å². The molecule has 1 aromatic heterocycles. The van der Waals surface area contributed by atoms with E-state index in [1.54, 1.807) is 6.20 Å². The number of alkyl halides is 1. The molecule has 88 valence electrons. The molecule has 2 nitrogen and oxygen atoms in total. The van der Waals surface area contributed by atoms with Crippen LogP contribution in [-0.2, 0) is 12.5 Å². The van der Waals surface area contributed by atoms with Gasteiger partial charge in [-0.1, -0.05) is 29.8 Å². The van der Waals surface area contributed by atoms with Gasteiger partial charge < -0.3 is 4.74 Å². The number of rotatable bonds is 4. The molecule has 1 heterocycles. The Kier molecular flexibility index (Phi) is 3.99. The molecule has 0 N–H and O–H groups in total. The largest absolute Gasteiger partial charge is 0.487 e. The van der Waals surface area contributed by atoms with Gasteiger partial charge in [0.05, 0.1) is 17.8 Å². The predicted octanol–water partition coefficient (Wildman–Crippen LogP) is 3.71. The normalized spacial score (nSPS) is 10.2. The van der Waals surface area contributed by atoms with Gasteiger partial charge in [-0.3, -0.25) is 4.98 Å². The minimum atomic E-state index is 0.429. The van der Waals surface area contributed by atoms with Gasteiger partial charge in [0.15, 0.2) is 0 Å². The number of hydrogen-bond donors (Lipinski definition) is 0. The molecule has 2 aromatic rings. The Labute approximate surface area is 106 Å². The van der Waals surface area contributed by atoms with Crippen molar-refractivity contribution in [3.8, 4) is 5.75 Å². The van der Waals surface area contributed by atoms with Crippen molar-refractivity contribution in [3.05, 3.63) is 59.4 Å². The summed E-state index contributed by atoms with van der Waals surface area (Å²) in [5, 5.41) is 0. The van der Waals surface area contributed by atoms with E-state index in [0.29, 0.717) is 12.5 Å². The van der Waals surface area contributed by atoms with Crippen molar-refractivity contribution in [3.63, 3.8) is 0 Å². The van der Waals surface area contributed by atoms with E-state index in [2.05, 4.69) is 24.0 Å². The number of aromatic nitrogens is 1. The average Bonchev–Trinajstić information content (AvgIpc) is 2.37. The summed E-state index contributed by atoms with van der Waals surface area (Å²) < 4.78 is 5.64. The van der Waals surface area contributed by atoms with E-state index in [9.17, 15) is 0 Å². The topological polar surface area (TPSA) is 22.1 Å². The third-order valence-corrected chi connectivity index (χ3v) is 2.70. The Morgan fingerprint density at radius 3 is 2.76 bits per heavy atom. The Hall–Kier alpha value is -1.54. The molecule has 0 saturated carbocycles. The first-order chi connectivity index (χ1) is 8.28. The molecule has 0 atom stereocenters. The number of hydrogen-bond acceptors (Lipinski definition) is 2. The third kappa shape index (κ3) is 3.46. The molecule has 0 aliphatic heterocycles. The van der Waals surface area contributed by atoms with Gasteiger partial charge in [0.2, 0.25) is 0 Å². The zero-order valence-electron chi connectivity index (χ0n) is 9.69. The van der Waals surface area contributed by atoms with Crippen LogP contribution in [0.4, 0.5) is 0 Å². The number of aryl methyl sites for hydroxylation is 1. The summed E-state index contributed by atoms with van der Waals surface area (Å²) in [5.74, 6) is 1.19. The van der Waals surface area contributed by atoms with E-state index in [0.717, 1.165) is 17.0 Å². The second-order valence-electron chi connectivity index (χ2n) is 3.90. The monoisotopic (exact) mass is 247 g/mol. The highest BCUT2D eigenvalue weighted by Crippen LogP contribution is 2.13. The quantitative estimate of drug-likeness (QED) is 0.769. The SMILES string of the molecule is Cc1cccc(COc2ccc(CCl)nc2)c1. The standard InChI is InChI=1S/C14H14ClNO/c1-11-3-2-4-12(7-11)10-17-14-6-5-13(8-15)16-9-14/h2-7,9H,8,10H2,1H3. The zero-order chi connectivity index (χ0) is 12.1. The fraction of sp³-hybridized carbons (Fsp3) is 0.214. The van der Waals surface area contributed by atoms with E-state index in [-0.39, 0.29) is 0 Å². The summed E-state index contributed by atoms with van der Waals surface area (Å²) in [6.45, 7) is 2.63. The van der Waals surface area contributed by atoms with Crippen molar-refractivity contribution in [2.24, 2.45) is 0 Å². The predicted molar refractivity (Wildman–Crippen MR) is 69.3 cm³/mol. The first-order valence-corrected chi connectivity index (χ1v) is 6.00. The Morgan fingerprint density at radius 1 is 1.24 bits per heavy atom. The summed E-state index contributed by atoms with van der Waals surface area (Å²) in [6.07, 6.45) is 1.70. The minimum absolute atomic E-state index is 0.429. The second kappa shape index (κ2) is 5.69. The lowest BCUT2D eigenvalue weighted by molar-refractivity contribution is 0.305. The number of benzene rings is 1. The molecular formula is C14H14ClNO. The lowest BCUT2D eigenvalue weighted by Crippen LogP contribution is -1.96. The van der Waals surface area contributed by atoms with Crippen molar-refractivity contribution < 1.29 is 4.74 Å². The highest BCUT2D eigenvalue weighted by atomic mass is 35.5. The van der Waals surface area contributed by atoms with Crippen LogP contribution in [0.3, 0.4) is 0 Å². The van der Waals surface area contributed by atoms with Gasteiger partial charge >= 0.3 is 0 Å². The average molecular weight is 248 g/mol. The summed E-state index contributed by atoms with van der Waals surface area (Å²) in [7, 11) is 0. The van der Waals surface area contributed by atoms with E-state index in [4.69, 9.17) is 16.3 Å². The van der Waals surface area contributed by atoms with E-state index < -0.39 is 0 Å². The maximum Gasteiger partial charge on any atom is 0.138 e. The zero-order valence-corrected chi connectivity index (χ0v) is 10.4. The summed E-state index contributed by atoms with van der Waals surface area (Å²) in [4.78, 5) is 4.17. The Morgan fingerprint density at radius 2 is 2.12 bits per heavy atom. The van der Waals surface area contributed by atoms with Crippen LogP contribution < -0.4 is 4.74 Å². The molecular weight excluding hydrogens is 234 g/mol. The number of halogens is 1. The smallest absolute Gasteiger partial charge is 0.138 e. The minimum Gasteiger partial charge on any atom is -0.487 e. The maximum atomic E-state index is 5.67. The van der Waals surface area contributed by atoms with E-state index in [1.807, 2.05) is 24.3 Å². The van der Waals surface area contributed by atoms with Crippen LogP contribution in [0.15, 0.2) is 42.6 Å². The number of ether oxygens (including phenoxy) is 1. The van der Waals surface area contributed by atoms with Crippen molar-refractivity contribution in [1.82, 2.24) is 4.98 Å². The number of nitrogens with zero attached hydrogens (tertiary/aromatic N) is 1. The lowest BCUT2D eigenvalue weighted by atomic mass is 10.1. The molecule has 0 bridgehead atoms. The second-order valence-corrected chi connectivity index (χ2v) is 4.16. The fourth-order valence-electron chi connectivity index (χ4n) is 1.54. The maximum absolute atomic E-state index is 5.67. The summed E-state index contributed by atoms with van der Waals surface area (Å²) in [5.41, 5.74) is 3.25. The van der Waals surface area contributed by atoms with Gasteiger partial charge in [-0.15, -0.1) is 11.6 Å². The molecule has 0 aliphatic rings. The van der Waals surface area contributed by atoms with Gasteiger partial charge in [-0.2, -0.15) is 0 Å². The van der Waals surface area contributed by atoms with Crippen molar-refractivity contribution in [2.75, 3.05) is 0 Å². The summed E-state index contributed by atoms with van der Waals surface area (Å²) >= 11 is 5.67. The molecule has 2 rings (SSSR count). The summed E-state index contributed by atoms with van der Waals surface area (Å²) in [6, 6.07) is 12.0. The molecule has 0 spiro atoms. The molecule has 3 heteroatoms.